The van der Waals surface area contributed by atoms with Crippen molar-refractivity contribution >= 4 is 29.0 Å². The van der Waals surface area contributed by atoms with Gasteiger partial charge in [-0.05, 0) is 18.2 Å². The summed E-state index contributed by atoms with van der Waals surface area (Å²) in [5, 5.41) is 4.83. The Morgan fingerprint density at radius 1 is 1.19 bits per heavy atom. The largest absolute Gasteiger partial charge is 0.288 e. The molecular weight excluding hydrogens is 247 g/mol. The third-order valence-corrected chi connectivity index (χ3v) is 2.53. The topological polar surface area (TPSA) is 34.9 Å². The maximum Gasteiger partial charge on any atom is 0.196 e. The maximum absolute atomic E-state index is 12.0. The van der Waals surface area contributed by atoms with Gasteiger partial charge in [0.15, 0.2) is 5.78 Å². The van der Waals surface area contributed by atoms with Gasteiger partial charge in [0, 0.05) is 28.9 Å². The fourth-order valence-corrected chi connectivity index (χ4v) is 1.92. The summed E-state index contributed by atoms with van der Waals surface area (Å²) in [6.07, 6.45) is 3.16. The molecule has 0 amide bonds. The quantitative estimate of drug-likeness (QED) is 0.773. The predicted octanol–water partition coefficient (Wildman–Crippen LogP) is 2.96. The van der Waals surface area contributed by atoms with E-state index in [-0.39, 0.29) is 5.78 Å². The highest BCUT2D eigenvalue weighted by Crippen LogP contribution is 2.21. The van der Waals surface area contributed by atoms with Crippen molar-refractivity contribution in [2.75, 3.05) is 0 Å². The number of ketones is 1. The fourth-order valence-electron chi connectivity index (χ4n) is 1.39. The summed E-state index contributed by atoms with van der Waals surface area (Å²) in [6.45, 7) is 0. The van der Waals surface area contributed by atoms with E-state index in [1.807, 2.05) is 0 Å². The summed E-state index contributed by atoms with van der Waals surface area (Å²) < 4.78 is 1.57. The second kappa shape index (κ2) is 4.28. The summed E-state index contributed by atoms with van der Waals surface area (Å²) in [5.74, 6) is -0.141. The third kappa shape index (κ3) is 2.26. The van der Waals surface area contributed by atoms with Gasteiger partial charge in [-0.25, -0.2) is 0 Å². The Balaban J connectivity index is 2.41. The first-order valence-corrected chi connectivity index (χ1v) is 5.31. The molecule has 0 N–H and O–H groups in total. The van der Waals surface area contributed by atoms with Gasteiger partial charge in [0.2, 0.25) is 0 Å². The molecule has 1 heterocycles. The third-order valence-electron chi connectivity index (χ3n) is 2.09. The average molecular weight is 255 g/mol. The summed E-state index contributed by atoms with van der Waals surface area (Å²) >= 11 is 11.7. The molecule has 16 heavy (non-hydrogen) atoms. The Morgan fingerprint density at radius 2 is 1.81 bits per heavy atom. The van der Waals surface area contributed by atoms with Crippen LogP contribution in [0.3, 0.4) is 0 Å². The Hall–Kier alpha value is -1.32. The number of hydrogen-bond acceptors (Lipinski definition) is 2. The summed E-state index contributed by atoms with van der Waals surface area (Å²) in [5.41, 5.74) is 0.978. The van der Waals surface area contributed by atoms with Gasteiger partial charge in [0.25, 0.3) is 0 Å². The van der Waals surface area contributed by atoms with Crippen molar-refractivity contribution < 1.29 is 4.79 Å². The first-order chi connectivity index (χ1) is 7.56. The maximum atomic E-state index is 12.0. The minimum Gasteiger partial charge on any atom is -0.288 e. The van der Waals surface area contributed by atoms with Gasteiger partial charge in [-0.15, -0.1) is 0 Å². The molecule has 2 aromatic rings. The van der Waals surface area contributed by atoms with Crippen molar-refractivity contribution in [2.24, 2.45) is 7.05 Å². The lowest BCUT2D eigenvalue weighted by molar-refractivity contribution is 0.103. The Kier molecular flexibility index (Phi) is 2.99. The molecule has 0 unspecified atom stereocenters. The molecule has 3 nitrogen and oxygen atoms in total. The highest BCUT2D eigenvalue weighted by molar-refractivity contribution is 6.35. The number of carbonyl (C=O) groups excluding carboxylic acids is 1. The van der Waals surface area contributed by atoms with Crippen molar-refractivity contribution in [3.8, 4) is 0 Å². The number of hydrogen-bond donors (Lipinski definition) is 0. The molecule has 0 saturated heterocycles. The zero-order chi connectivity index (χ0) is 11.7. The molecule has 2 rings (SSSR count). The highest BCUT2D eigenvalue weighted by Gasteiger charge is 2.12. The van der Waals surface area contributed by atoms with E-state index in [0.717, 1.165) is 0 Å². The summed E-state index contributed by atoms with van der Waals surface area (Å²) in [4.78, 5) is 12.0. The minimum absolute atomic E-state index is 0.141. The molecule has 0 fully saturated rings. The standard InChI is InChI=1S/C11H8Cl2N2O/c1-15-6-8(5-14-15)11(16)7-2-9(12)4-10(13)3-7/h2-6H,1H3. The molecule has 0 spiro atoms. The molecule has 0 saturated carbocycles. The average Bonchev–Trinajstić information content (AvgIpc) is 2.62. The van der Waals surface area contributed by atoms with E-state index in [2.05, 4.69) is 5.10 Å². The Morgan fingerprint density at radius 3 is 2.31 bits per heavy atom. The molecule has 0 aliphatic rings. The van der Waals surface area contributed by atoms with Crippen LogP contribution in [0.2, 0.25) is 10.0 Å². The molecule has 0 atom stereocenters. The van der Waals surface area contributed by atoms with Gasteiger partial charge in [-0.2, -0.15) is 5.10 Å². The van der Waals surface area contributed by atoms with Crippen LogP contribution in [-0.2, 0) is 7.05 Å². The number of halogens is 2. The number of aryl methyl sites for hydroxylation is 1. The van der Waals surface area contributed by atoms with Crippen LogP contribution in [0.15, 0.2) is 30.6 Å². The molecule has 0 aliphatic carbocycles. The second-order valence-corrected chi connectivity index (χ2v) is 4.26. The van der Waals surface area contributed by atoms with E-state index in [0.29, 0.717) is 21.2 Å². The highest BCUT2D eigenvalue weighted by atomic mass is 35.5. The van der Waals surface area contributed by atoms with Gasteiger partial charge in [0.1, 0.15) is 0 Å². The molecule has 1 aromatic carbocycles. The zero-order valence-corrected chi connectivity index (χ0v) is 9.96. The monoisotopic (exact) mass is 254 g/mol. The summed E-state index contributed by atoms with van der Waals surface area (Å²) in [7, 11) is 1.75. The van der Waals surface area contributed by atoms with Crippen LogP contribution >= 0.6 is 23.2 Å². The second-order valence-electron chi connectivity index (χ2n) is 3.39. The van der Waals surface area contributed by atoms with E-state index < -0.39 is 0 Å². The van der Waals surface area contributed by atoms with Crippen LogP contribution < -0.4 is 0 Å². The lowest BCUT2D eigenvalue weighted by Crippen LogP contribution is -1.99. The van der Waals surface area contributed by atoms with Gasteiger partial charge in [0.05, 0.1) is 11.8 Å². The number of aromatic nitrogens is 2. The molecule has 82 valence electrons. The zero-order valence-electron chi connectivity index (χ0n) is 8.45. The fraction of sp³-hybridized carbons (Fsp3) is 0.0909. The van der Waals surface area contributed by atoms with Crippen LogP contribution in [-0.4, -0.2) is 15.6 Å². The molecule has 0 radical (unpaired) electrons. The van der Waals surface area contributed by atoms with Crippen LogP contribution in [0.4, 0.5) is 0 Å². The van der Waals surface area contributed by atoms with E-state index in [9.17, 15) is 4.79 Å². The van der Waals surface area contributed by atoms with Crippen molar-refractivity contribution in [3.63, 3.8) is 0 Å². The van der Waals surface area contributed by atoms with E-state index in [1.165, 1.54) is 6.20 Å². The van der Waals surface area contributed by atoms with Crippen molar-refractivity contribution in [2.45, 2.75) is 0 Å². The summed E-state index contributed by atoms with van der Waals surface area (Å²) in [6, 6.07) is 4.76. The van der Waals surface area contributed by atoms with Gasteiger partial charge in [-0.1, -0.05) is 23.2 Å². The molecule has 0 bridgehead atoms. The number of carbonyl (C=O) groups is 1. The molecular formula is C11H8Cl2N2O. The molecule has 1 aromatic heterocycles. The number of rotatable bonds is 2. The van der Waals surface area contributed by atoms with Gasteiger partial charge < -0.3 is 0 Å². The Labute approximate surface area is 103 Å². The first kappa shape index (κ1) is 11.2. The number of benzene rings is 1. The van der Waals surface area contributed by atoms with E-state index in [4.69, 9.17) is 23.2 Å². The van der Waals surface area contributed by atoms with E-state index in [1.54, 1.807) is 36.1 Å². The SMILES string of the molecule is Cn1cc(C(=O)c2cc(Cl)cc(Cl)c2)cn1. The predicted molar refractivity (Wildman–Crippen MR) is 63.1 cm³/mol. The lowest BCUT2D eigenvalue weighted by atomic mass is 10.1. The van der Waals surface area contributed by atoms with Gasteiger partial charge in [-0.3, -0.25) is 9.48 Å². The van der Waals surface area contributed by atoms with Crippen molar-refractivity contribution in [1.29, 1.82) is 0 Å². The lowest BCUT2D eigenvalue weighted by Gasteiger charge is -2.00. The normalized spacial score (nSPS) is 10.4. The van der Waals surface area contributed by atoms with Crippen LogP contribution in [0, 0.1) is 0 Å². The van der Waals surface area contributed by atoms with Crippen molar-refractivity contribution in [1.82, 2.24) is 9.78 Å². The first-order valence-electron chi connectivity index (χ1n) is 4.56. The van der Waals surface area contributed by atoms with Crippen LogP contribution in [0.25, 0.3) is 0 Å². The van der Waals surface area contributed by atoms with Gasteiger partial charge >= 0.3 is 0 Å². The van der Waals surface area contributed by atoms with E-state index >= 15 is 0 Å². The minimum atomic E-state index is -0.141. The smallest absolute Gasteiger partial charge is 0.196 e. The number of nitrogens with zero attached hydrogens (tertiary/aromatic N) is 2. The molecule has 0 aliphatic heterocycles. The van der Waals surface area contributed by atoms with Crippen LogP contribution in [0.5, 0.6) is 0 Å². The molecule has 5 heteroatoms. The Bertz CT molecular complexity index is 528. The van der Waals surface area contributed by atoms with Crippen molar-refractivity contribution in [3.05, 3.63) is 51.8 Å². The van der Waals surface area contributed by atoms with Crippen LogP contribution in [0.1, 0.15) is 15.9 Å².